The Morgan fingerprint density at radius 2 is 2.18 bits per heavy atom. The van der Waals surface area contributed by atoms with Gasteiger partial charge in [-0.25, -0.2) is 13.4 Å². The Morgan fingerprint density at radius 3 is 2.76 bits per heavy atom. The maximum absolute atomic E-state index is 11.2. The highest BCUT2D eigenvalue weighted by Crippen LogP contribution is 2.11. The minimum Gasteiger partial charge on any atom is -0.313 e. The number of nitrogens with zero attached hydrogens (tertiary/aromatic N) is 3. The van der Waals surface area contributed by atoms with Crippen LogP contribution in [-0.4, -0.2) is 47.3 Å². The normalized spacial score (nSPS) is 20.5. The van der Waals surface area contributed by atoms with Crippen molar-refractivity contribution in [2.75, 3.05) is 18.1 Å². The van der Waals surface area contributed by atoms with Crippen LogP contribution in [0.2, 0.25) is 0 Å². The lowest BCUT2D eigenvalue weighted by Crippen LogP contribution is -2.38. The molecule has 96 valence electrons. The summed E-state index contributed by atoms with van der Waals surface area (Å²) < 4.78 is 24.2. The number of aryl methyl sites for hydroxylation is 1. The van der Waals surface area contributed by atoms with Gasteiger partial charge in [0.1, 0.15) is 16.2 Å². The molecule has 1 N–H and O–H groups in total. The Bertz CT molecular complexity index is 454. The standard InChI is InChI=1S/C10H18N4O2S/c1-14-8-12-10(13-14)2-5-11-9-3-6-17(15,16)7-4-9/h8-9,11H,2-7H2,1H3. The molecule has 2 rings (SSSR count). The van der Waals surface area contributed by atoms with Crippen LogP contribution in [0.15, 0.2) is 6.33 Å². The van der Waals surface area contributed by atoms with E-state index in [-0.39, 0.29) is 0 Å². The second-order valence-corrected chi connectivity index (χ2v) is 6.77. The van der Waals surface area contributed by atoms with Crippen LogP contribution in [0.1, 0.15) is 18.7 Å². The van der Waals surface area contributed by atoms with Gasteiger partial charge >= 0.3 is 0 Å². The second-order valence-electron chi connectivity index (χ2n) is 4.46. The summed E-state index contributed by atoms with van der Waals surface area (Å²) in [6, 6.07) is 0.322. The topological polar surface area (TPSA) is 76.9 Å². The first-order valence-electron chi connectivity index (χ1n) is 5.83. The molecule has 1 aromatic heterocycles. The summed E-state index contributed by atoms with van der Waals surface area (Å²) in [5.74, 6) is 1.45. The molecule has 0 spiro atoms. The zero-order valence-corrected chi connectivity index (χ0v) is 10.8. The highest BCUT2D eigenvalue weighted by atomic mass is 32.2. The molecule has 0 unspecified atom stereocenters. The van der Waals surface area contributed by atoms with E-state index in [0.717, 1.165) is 31.6 Å². The van der Waals surface area contributed by atoms with E-state index in [4.69, 9.17) is 0 Å². The van der Waals surface area contributed by atoms with Crippen molar-refractivity contribution in [3.63, 3.8) is 0 Å². The molecule has 1 fully saturated rings. The predicted molar refractivity (Wildman–Crippen MR) is 64.4 cm³/mol. The molecule has 0 radical (unpaired) electrons. The average molecular weight is 258 g/mol. The maximum Gasteiger partial charge on any atom is 0.151 e. The molecule has 2 heterocycles. The number of sulfone groups is 1. The van der Waals surface area contributed by atoms with Gasteiger partial charge in [0.25, 0.3) is 0 Å². The van der Waals surface area contributed by atoms with Crippen LogP contribution in [0.25, 0.3) is 0 Å². The molecular formula is C10H18N4O2S. The SMILES string of the molecule is Cn1cnc(CCNC2CCS(=O)(=O)CC2)n1. The Kier molecular flexibility index (Phi) is 3.78. The Balaban J connectivity index is 1.70. The van der Waals surface area contributed by atoms with Crippen LogP contribution in [0.3, 0.4) is 0 Å². The Labute approximate surface area is 101 Å². The van der Waals surface area contributed by atoms with Gasteiger partial charge in [-0.05, 0) is 12.8 Å². The van der Waals surface area contributed by atoms with E-state index >= 15 is 0 Å². The molecule has 1 aromatic rings. The summed E-state index contributed by atoms with van der Waals surface area (Å²) in [4.78, 5) is 4.14. The molecule has 0 bridgehead atoms. The molecule has 17 heavy (non-hydrogen) atoms. The van der Waals surface area contributed by atoms with Crippen LogP contribution >= 0.6 is 0 Å². The molecule has 0 atom stereocenters. The summed E-state index contributed by atoms with van der Waals surface area (Å²) in [6.07, 6.45) is 3.91. The van der Waals surface area contributed by atoms with Crippen LogP contribution in [0, 0.1) is 0 Å². The van der Waals surface area contributed by atoms with E-state index in [1.165, 1.54) is 0 Å². The number of aromatic nitrogens is 3. The van der Waals surface area contributed by atoms with Crippen molar-refractivity contribution in [1.29, 1.82) is 0 Å². The fourth-order valence-corrected chi connectivity index (χ4v) is 3.47. The zero-order valence-electron chi connectivity index (χ0n) is 9.96. The van der Waals surface area contributed by atoms with Crippen molar-refractivity contribution in [3.05, 3.63) is 12.2 Å². The van der Waals surface area contributed by atoms with Gasteiger partial charge in [-0.15, -0.1) is 0 Å². The van der Waals surface area contributed by atoms with E-state index < -0.39 is 9.84 Å². The Morgan fingerprint density at radius 1 is 1.47 bits per heavy atom. The van der Waals surface area contributed by atoms with Crippen LogP contribution in [-0.2, 0) is 23.3 Å². The Hall–Kier alpha value is -0.950. The molecule has 7 heteroatoms. The van der Waals surface area contributed by atoms with Crippen molar-refractivity contribution in [1.82, 2.24) is 20.1 Å². The summed E-state index contributed by atoms with van der Waals surface area (Å²) in [5.41, 5.74) is 0. The maximum atomic E-state index is 11.2. The minimum absolute atomic E-state index is 0.312. The van der Waals surface area contributed by atoms with Crippen molar-refractivity contribution < 1.29 is 8.42 Å². The van der Waals surface area contributed by atoms with Gasteiger partial charge in [0.15, 0.2) is 5.82 Å². The lowest BCUT2D eigenvalue weighted by Gasteiger charge is -2.22. The largest absolute Gasteiger partial charge is 0.313 e. The highest BCUT2D eigenvalue weighted by molar-refractivity contribution is 7.91. The molecule has 6 nitrogen and oxygen atoms in total. The van der Waals surface area contributed by atoms with Crippen LogP contribution in [0.4, 0.5) is 0 Å². The molecule has 0 amide bonds. The fourth-order valence-electron chi connectivity index (χ4n) is 1.98. The molecule has 0 aromatic carbocycles. The molecular weight excluding hydrogens is 240 g/mol. The molecule has 1 aliphatic rings. The number of hydrogen-bond acceptors (Lipinski definition) is 5. The van der Waals surface area contributed by atoms with Crippen molar-refractivity contribution in [2.24, 2.45) is 7.05 Å². The van der Waals surface area contributed by atoms with Crippen LogP contribution < -0.4 is 5.32 Å². The van der Waals surface area contributed by atoms with E-state index in [0.29, 0.717) is 17.5 Å². The van der Waals surface area contributed by atoms with Gasteiger partial charge in [-0.1, -0.05) is 0 Å². The molecule has 1 saturated heterocycles. The molecule has 0 saturated carbocycles. The summed E-state index contributed by atoms with van der Waals surface area (Å²) in [7, 11) is -0.914. The van der Waals surface area contributed by atoms with Crippen LogP contribution in [0.5, 0.6) is 0 Å². The summed E-state index contributed by atoms with van der Waals surface area (Å²) in [5, 5.41) is 7.55. The number of rotatable bonds is 4. The first-order valence-corrected chi connectivity index (χ1v) is 7.66. The minimum atomic E-state index is -2.76. The first kappa shape index (κ1) is 12.5. The second kappa shape index (κ2) is 5.14. The summed E-state index contributed by atoms with van der Waals surface area (Å²) in [6.45, 7) is 0.800. The fraction of sp³-hybridized carbons (Fsp3) is 0.800. The van der Waals surface area contributed by atoms with Crippen molar-refractivity contribution in [3.8, 4) is 0 Å². The van der Waals surface area contributed by atoms with E-state index in [1.807, 2.05) is 7.05 Å². The van der Waals surface area contributed by atoms with Gasteiger partial charge in [-0.3, -0.25) is 4.68 Å². The number of hydrogen-bond donors (Lipinski definition) is 1. The van der Waals surface area contributed by atoms with Gasteiger partial charge < -0.3 is 5.32 Å². The van der Waals surface area contributed by atoms with Crippen molar-refractivity contribution in [2.45, 2.75) is 25.3 Å². The third kappa shape index (κ3) is 3.78. The summed E-state index contributed by atoms with van der Waals surface area (Å²) >= 11 is 0. The lowest BCUT2D eigenvalue weighted by atomic mass is 10.1. The van der Waals surface area contributed by atoms with Crippen molar-refractivity contribution >= 4 is 9.84 Å². The average Bonchev–Trinajstić information content (AvgIpc) is 2.67. The van der Waals surface area contributed by atoms with Gasteiger partial charge in [0, 0.05) is 26.1 Å². The third-order valence-electron chi connectivity index (χ3n) is 2.98. The smallest absolute Gasteiger partial charge is 0.151 e. The molecule has 0 aliphatic carbocycles. The zero-order chi connectivity index (χ0) is 12.3. The predicted octanol–water partition coefficient (Wildman–Crippen LogP) is -0.476. The van der Waals surface area contributed by atoms with Gasteiger partial charge in [0.05, 0.1) is 11.5 Å². The monoisotopic (exact) mass is 258 g/mol. The number of nitrogens with one attached hydrogen (secondary N) is 1. The molecule has 1 aliphatic heterocycles. The third-order valence-corrected chi connectivity index (χ3v) is 4.70. The first-order chi connectivity index (χ1) is 8.05. The van der Waals surface area contributed by atoms with Gasteiger partial charge in [-0.2, -0.15) is 5.10 Å². The van der Waals surface area contributed by atoms with E-state index in [9.17, 15) is 8.42 Å². The van der Waals surface area contributed by atoms with E-state index in [2.05, 4.69) is 15.4 Å². The highest BCUT2D eigenvalue weighted by Gasteiger charge is 2.22. The quantitative estimate of drug-likeness (QED) is 0.789. The van der Waals surface area contributed by atoms with E-state index in [1.54, 1.807) is 11.0 Å². The van der Waals surface area contributed by atoms with Gasteiger partial charge in [0.2, 0.25) is 0 Å². The lowest BCUT2D eigenvalue weighted by molar-refractivity contribution is 0.464.